The topological polar surface area (TPSA) is 49.4 Å². The zero-order valence-electron chi connectivity index (χ0n) is 12.2. The molecule has 0 unspecified atom stereocenters. The number of alkyl halides is 3. The number of nitrogens with zero attached hydrogens (tertiary/aromatic N) is 1. The van der Waals surface area contributed by atoms with Gasteiger partial charge in [0, 0.05) is 13.1 Å². The SMILES string of the molecule is CCN(CC)CCNS(=O)(=O)c1cc(C(F)(F)F)ccc1F. The number of nitrogens with one attached hydrogen (secondary N) is 1. The van der Waals surface area contributed by atoms with Gasteiger partial charge >= 0.3 is 6.18 Å². The van der Waals surface area contributed by atoms with Crippen molar-refractivity contribution in [1.82, 2.24) is 9.62 Å². The number of likely N-dealkylation sites (N-methyl/N-ethyl adjacent to an activating group) is 1. The molecule has 4 nitrogen and oxygen atoms in total. The van der Waals surface area contributed by atoms with Crippen LogP contribution < -0.4 is 4.72 Å². The third-order valence-corrected chi connectivity index (χ3v) is 4.64. The van der Waals surface area contributed by atoms with Crippen molar-refractivity contribution in [3.8, 4) is 0 Å². The van der Waals surface area contributed by atoms with Crippen molar-refractivity contribution < 1.29 is 26.0 Å². The summed E-state index contributed by atoms with van der Waals surface area (Å²) in [5.74, 6) is -1.22. The number of benzene rings is 1. The van der Waals surface area contributed by atoms with Crippen LogP contribution >= 0.6 is 0 Å². The molecule has 1 aromatic carbocycles. The van der Waals surface area contributed by atoms with Gasteiger partial charge in [-0.15, -0.1) is 0 Å². The Labute approximate surface area is 127 Å². The minimum absolute atomic E-state index is 0.0142. The molecule has 0 aliphatic carbocycles. The second-order valence-corrected chi connectivity index (χ2v) is 6.30. The molecule has 0 radical (unpaired) electrons. The molecule has 0 spiro atoms. The van der Waals surface area contributed by atoms with Gasteiger partial charge in [0.25, 0.3) is 0 Å². The molecular weight excluding hydrogens is 324 g/mol. The Morgan fingerprint density at radius 1 is 1.18 bits per heavy atom. The van der Waals surface area contributed by atoms with Crippen LogP contribution in [0.25, 0.3) is 0 Å². The molecule has 0 bridgehead atoms. The van der Waals surface area contributed by atoms with E-state index in [4.69, 9.17) is 0 Å². The molecule has 22 heavy (non-hydrogen) atoms. The molecule has 0 fully saturated rings. The van der Waals surface area contributed by atoms with Crippen LogP contribution in [0.2, 0.25) is 0 Å². The molecular formula is C13H18F4N2O2S. The molecule has 0 saturated heterocycles. The fourth-order valence-electron chi connectivity index (χ4n) is 1.84. The number of rotatable bonds is 7. The van der Waals surface area contributed by atoms with E-state index in [0.29, 0.717) is 37.8 Å². The maximum Gasteiger partial charge on any atom is 0.416 e. The van der Waals surface area contributed by atoms with E-state index in [0.717, 1.165) is 0 Å². The van der Waals surface area contributed by atoms with Gasteiger partial charge < -0.3 is 4.90 Å². The Morgan fingerprint density at radius 3 is 2.27 bits per heavy atom. The smallest absolute Gasteiger partial charge is 0.303 e. The van der Waals surface area contributed by atoms with Gasteiger partial charge in [0.05, 0.1) is 5.56 Å². The first-order valence-electron chi connectivity index (χ1n) is 6.70. The summed E-state index contributed by atoms with van der Waals surface area (Å²) in [6.45, 7) is 5.56. The standard InChI is InChI=1S/C13H18F4N2O2S/c1-3-19(4-2)8-7-18-22(20,21)12-9-10(13(15,16)17)5-6-11(12)14/h5-6,9,18H,3-4,7-8H2,1-2H3. The second kappa shape index (κ2) is 7.38. The van der Waals surface area contributed by atoms with Gasteiger partial charge in [-0.25, -0.2) is 17.5 Å². The number of hydrogen-bond donors (Lipinski definition) is 1. The molecule has 0 amide bonds. The molecule has 0 saturated carbocycles. The molecule has 1 aromatic rings. The van der Waals surface area contributed by atoms with E-state index < -0.39 is 32.5 Å². The van der Waals surface area contributed by atoms with Crippen molar-refractivity contribution >= 4 is 10.0 Å². The summed E-state index contributed by atoms with van der Waals surface area (Å²) in [5, 5.41) is 0. The number of halogens is 4. The lowest BCUT2D eigenvalue weighted by molar-refractivity contribution is -0.137. The van der Waals surface area contributed by atoms with Crippen molar-refractivity contribution in [3.05, 3.63) is 29.6 Å². The van der Waals surface area contributed by atoms with Gasteiger partial charge in [0.2, 0.25) is 10.0 Å². The van der Waals surface area contributed by atoms with Crippen molar-refractivity contribution in [2.45, 2.75) is 24.9 Å². The molecule has 0 aliphatic rings. The van der Waals surface area contributed by atoms with Crippen molar-refractivity contribution in [3.63, 3.8) is 0 Å². The van der Waals surface area contributed by atoms with Gasteiger partial charge in [0.15, 0.2) is 0 Å². The average Bonchev–Trinajstić information content (AvgIpc) is 2.42. The van der Waals surface area contributed by atoms with E-state index in [9.17, 15) is 26.0 Å². The largest absolute Gasteiger partial charge is 0.416 e. The van der Waals surface area contributed by atoms with Crippen molar-refractivity contribution in [1.29, 1.82) is 0 Å². The Hall–Kier alpha value is -1.19. The predicted molar refractivity (Wildman–Crippen MR) is 74.4 cm³/mol. The Kier molecular flexibility index (Phi) is 6.33. The molecule has 1 rings (SSSR count). The Balaban J connectivity index is 2.93. The first-order valence-corrected chi connectivity index (χ1v) is 8.19. The highest BCUT2D eigenvalue weighted by Crippen LogP contribution is 2.31. The zero-order valence-corrected chi connectivity index (χ0v) is 13.1. The molecule has 9 heteroatoms. The summed E-state index contributed by atoms with van der Waals surface area (Å²) in [7, 11) is -4.34. The van der Waals surface area contributed by atoms with Gasteiger partial charge in [-0.2, -0.15) is 13.2 Å². The summed E-state index contributed by atoms with van der Waals surface area (Å²) in [4.78, 5) is 0.923. The van der Waals surface area contributed by atoms with Gasteiger partial charge in [-0.05, 0) is 31.3 Å². The normalized spacial score (nSPS) is 12.9. The van der Waals surface area contributed by atoms with E-state index in [-0.39, 0.29) is 6.54 Å². The summed E-state index contributed by atoms with van der Waals surface area (Å²) in [6, 6.07) is 1.31. The zero-order chi connectivity index (χ0) is 17.0. The second-order valence-electron chi connectivity index (χ2n) is 4.57. The maximum absolute atomic E-state index is 13.6. The lowest BCUT2D eigenvalue weighted by Crippen LogP contribution is -2.35. The minimum atomic E-state index is -4.74. The number of hydrogen-bond acceptors (Lipinski definition) is 3. The lowest BCUT2D eigenvalue weighted by atomic mass is 10.2. The molecule has 0 heterocycles. The minimum Gasteiger partial charge on any atom is -0.303 e. The Morgan fingerprint density at radius 2 is 1.77 bits per heavy atom. The van der Waals surface area contributed by atoms with Crippen LogP contribution in [0, 0.1) is 5.82 Å². The van der Waals surface area contributed by atoms with Crippen LogP contribution in [0.4, 0.5) is 17.6 Å². The molecule has 126 valence electrons. The Bertz CT molecular complexity index is 599. The number of sulfonamides is 1. The summed E-state index contributed by atoms with van der Waals surface area (Å²) in [5.41, 5.74) is -1.21. The quantitative estimate of drug-likeness (QED) is 0.775. The van der Waals surface area contributed by atoms with Gasteiger partial charge in [-0.1, -0.05) is 13.8 Å². The first-order chi connectivity index (χ1) is 10.1. The summed E-state index contributed by atoms with van der Waals surface area (Å²) < 4.78 is 77.4. The molecule has 0 aliphatic heterocycles. The van der Waals surface area contributed by atoms with E-state index >= 15 is 0 Å². The van der Waals surface area contributed by atoms with E-state index in [1.165, 1.54) is 0 Å². The average molecular weight is 342 g/mol. The highest BCUT2D eigenvalue weighted by molar-refractivity contribution is 7.89. The van der Waals surface area contributed by atoms with Crippen LogP contribution in [0.15, 0.2) is 23.1 Å². The fraction of sp³-hybridized carbons (Fsp3) is 0.538. The molecule has 1 N–H and O–H groups in total. The third-order valence-electron chi connectivity index (χ3n) is 3.16. The van der Waals surface area contributed by atoms with Crippen LogP contribution in [-0.2, 0) is 16.2 Å². The first kappa shape index (κ1) is 18.9. The third kappa shape index (κ3) is 4.92. The molecule has 0 atom stereocenters. The van der Waals surface area contributed by atoms with Crippen molar-refractivity contribution in [2.24, 2.45) is 0 Å². The van der Waals surface area contributed by atoms with Crippen LogP contribution in [0.1, 0.15) is 19.4 Å². The highest BCUT2D eigenvalue weighted by Gasteiger charge is 2.33. The van der Waals surface area contributed by atoms with E-state index in [1.54, 1.807) is 0 Å². The van der Waals surface area contributed by atoms with Gasteiger partial charge in [-0.3, -0.25) is 0 Å². The van der Waals surface area contributed by atoms with Crippen LogP contribution in [-0.4, -0.2) is 39.5 Å². The maximum atomic E-state index is 13.6. The monoisotopic (exact) mass is 342 g/mol. The predicted octanol–water partition coefficient (Wildman–Crippen LogP) is 2.46. The van der Waals surface area contributed by atoms with Crippen molar-refractivity contribution in [2.75, 3.05) is 26.2 Å². The fourth-order valence-corrected chi connectivity index (χ4v) is 2.96. The molecule has 0 aromatic heterocycles. The van der Waals surface area contributed by atoms with E-state index in [2.05, 4.69) is 4.72 Å². The lowest BCUT2D eigenvalue weighted by Gasteiger charge is -2.18. The van der Waals surface area contributed by atoms with Crippen LogP contribution in [0.5, 0.6) is 0 Å². The summed E-state index contributed by atoms with van der Waals surface area (Å²) in [6.07, 6.45) is -4.74. The van der Waals surface area contributed by atoms with Gasteiger partial charge in [0.1, 0.15) is 10.7 Å². The highest BCUT2D eigenvalue weighted by atomic mass is 32.2. The van der Waals surface area contributed by atoms with Crippen LogP contribution in [0.3, 0.4) is 0 Å². The van der Waals surface area contributed by atoms with E-state index in [1.807, 2.05) is 18.7 Å². The summed E-state index contributed by atoms with van der Waals surface area (Å²) >= 11 is 0.